The topological polar surface area (TPSA) is 87.2 Å². The summed E-state index contributed by atoms with van der Waals surface area (Å²) in [5.74, 6) is -0.429. The highest BCUT2D eigenvalue weighted by atomic mass is 32.2. The molecule has 0 spiro atoms. The highest BCUT2D eigenvalue weighted by Crippen LogP contribution is 2.28. The Labute approximate surface area is 126 Å². The molecular weight excluding hydrogens is 296 g/mol. The highest BCUT2D eigenvalue weighted by molar-refractivity contribution is 7.86. The molecule has 122 valence electrons. The number of hydrogen-bond acceptors (Lipinski definition) is 4. The average molecular weight is 320 g/mol. The van der Waals surface area contributed by atoms with Gasteiger partial charge < -0.3 is 9.84 Å². The van der Waals surface area contributed by atoms with Gasteiger partial charge in [-0.25, -0.2) is 0 Å². The summed E-state index contributed by atoms with van der Waals surface area (Å²) in [4.78, 5) is 11.2. The molecule has 8 heteroatoms. The first-order valence-corrected chi connectivity index (χ1v) is 8.86. The molecule has 1 heterocycles. The number of hydrogen-bond donors (Lipinski definition) is 1. The Morgan fingerprint density at radius 1 is 1.33 bits per heavy atom. The van der Waals surface area contributed by atoms with E-state index in [4.69, 9.17) is 4.74 Å². The second kappa shape index (κ2) is 7.04. The molecule has 1 aliphatic carbocycles. The molecule has 1 saturated heterocycles. The van der Waals surface area contributed by atoms with Gasteiger partial charge in [-0.2, -0.15) is 17.0 Å². The zero-order valence-corrected chi connectivity index (χ0v) is 13.2. The highest BCUT2D eigenvalue weighted by Gasteiger charge is 2.38. The van der Waals surface area contributed by atoms with E-state index >= 15 is 0 Å². The summed E-state index contributed by atoms with van der Waals surface area (Å²) in [5.41, 5.74) is 0. The number of carbonyl (C=O) groups is 1. The molecule has 2 aliphatic rings. The minimum Gasteiger partial charge on any atom is -0.480 e. The largest absolute Gasteiger partial charge is 0.480 e. The van der Waals surface area contributed by atoms with Crippen molar-refractivity contribution in [2.45, 2.75) is 38.1 Å². The predicted octanol–water partition coefficient (Wildman–Crippen LogP) is 0.529. The van der Waals surface area contributed by atoms with E-state index in [2.05, 4.69) is 0 Å². The molecule has 0 aromatic heterocycles. The quantitative estimate of drug-likeness (QED) is 0.659. The van der Waals surface area contributed by atoms with E-state index in [1.165, 1.54) is 24.2 Å². The number of nitrogens with zero attached hydrogens (tertiary/aromatic N) is 2. The molecular formula is C13H24N2O5S. The number of aliphatic carboxylic acids is 1. The van der Waals surface area contributed by atoms with Crippen LogP contribution in [-0.2, 0) is 19.7 Å². The minimum absolute atomic E-state index is 0.248. The van der Waals surface area contributed by atoms with Gasteiger partial charge in [-0.05, 0) is 38.0 Å². The molecule has 0 aromatic rings. The Bertz CT molecular complexity index is 463. The van der Waals surface area contributed by atoms with E-state index in [1.807, 2.05) is 0 Å². The fourth-order valence-electron chi connectivity index (χ4n) is 2.45. The molecule has 1 aliphatic heterocycles. The number of rotatable bonds is 8. The Kier molecular flexibility index (Phi) is 5.59. The summed E-state index contributed by atoms with van der Waals surface area (Å²) < 4.78 is 32.7. The van der Waals surface area contributed by atoms with Gasteiger partial charge in [-0.3, -0.25) is 4.79 Å². The number of piperidine rings is 1. The zero-order valence-electron chi connectivity index (χ0n) is 12.4. The fraction of sp³-hybridized carbons (Fsp3) is 0.923. The van der Waals surface area contributed by atoms with Crippen LogP contribution in [0, 0.1) is 5.92 Å². The van der Waals surface area contributed by atoms with Crippen molar-refractivity contribution in [1.82, 2.24) is 8.61 Å². The first-order chi connectivity index (χ1) is 9.93. The third kappa shape index (κ3) is 4.38. The first-order valence-electron chi connectivity index (χ1n) is 7.46. The molecule has 0 bridgehead atoms. The van der Waals surface area contributed by atoms with E-state index in [0.29, 0.717) is 32.0 Å². The maximum atomic E-state index is 12.5. The fourth-order valence-corrected chi connectivity index (χ4v) is 3.99. The molecule has 7 nitrogen and oxygen atoms in total. The van der Waals surface area contributed by atoms with Crippen LogP contribution in [-0.4, -0.2) is 67.5 Å². The average Bonchev–Trinajstić information content (AvgIpc) is 3.27. The van der Waals surface area contributed by atoms with Crippen molar-refractivity contribution in [2.75, 3.05) is 33.4 Å². The first kappa shape index (κ1) is 16.7. The van der Waals surface area contributed by atoms with E-state index in [-0.39, 0.29) is 13.1 Å². The van der Waals surface area contributed by atoms with Crippen LogP contribution in [0.2, 0.25) is 0 Å². The molecule has 2 rings (SSSR count). The monoisotopic (exact) mass is 320 g/mol. The number of carboxylic acid groups (broad SMARTS) is 1. The maximum Gasteiger partial charge on any atom is 0.322 e. The van der Waals surface area contributed by atoms with E-state index in [0.717, 1.165) is 10.7 Å². The predicted molar refractivity (Wildman–Crippen MR) is 77.1 cm³/mol. The van der Waals surface area contributed by atoms with Crippen LogP contribution in [0.4, 0.5) is 0 Å². The standard InChI is InChI=1S/C13H24N2O5S/c1-14(8-9-20-10-11-5-6-11)21(18,19)15-7-3-2-4-12(15)13(16)17/h11-12H,2-10H2,1H3,(H,16,17). The lowest BCUT2D eigenvalue weighted by molar-refractivity contribution is -0.142. The van der Waals surface area contributed by atoms with Crippen LogP contribution in [0.1, 0.15) is 32.1 Å². The third-order valence-electron chi connectivity index (χ3n) is 4.03. The van der Waals surface area contributed by atoms with Crippen molar-refractivity contribution in [3.8, 4) is 0 Å². The molecule has 1 N–H and O–H groups in total. The summed E-state index contributed by atoms with van der Waals surface area (Å²) in [6.45, 7) is 1.55. The van der Waals surface area contributed by atoms with Crippen LogP contribution in [0.3, 0.4) is 0 Å². The van der Waals surface area contributed by atoms with E-state index in [1.54, 1.807) is 0 Å². The van der Waals surface area contributed by atoms with Gasteiger partial charge in [0.2, 0.25) is 0 Å². The lowest BCUT2D eigenvalue weighted by Crippen LogP contribution is -2.52. The zero-order chi connectivity index (χ0) is 15.5. The van der Waals surface area contributed by atoms with Crippen molar-refractivity contribution in [3.05, 3.63) is 0 Å². The van der Waals surface area contributed by atoms with Crippen molar-refractivity contribution < 1.29 is 23.1 Å². The SMILES string of the molecule is CN(CCOCC1CC1)S(=O)(=O)N1CCCCC1C(=O)O. The molecule has 1 unspecified atom stereocenters. The molecule has 2 fully saturated rings. The van der Waals surface area contributed by atoms with Gasteiger partial charge in [-0.1, -0.05) is 0 Å². The van der Waals surface area contributed by atoms with Gasteiger partial charge in [0, 0.05) is 26.7 Å². The molecule has 0 aromatic carbocycles. The van der Waals surface area contributed by atoms with Gasteiger partial charge in [0.1, 0.15) is 6.04 Å². The van der Waals surface area contributed by atoms with Crippen LogP contribution in [0.25, 0.3) is 0 Å². The van der Waals surface area contributed by atoms with Gasteiger partial charge >= 0.3 is 5.97 Å². The van der Waals surface area contributed by atoms with E-state index < -0.39 is 22.2 Å². The molecule has 0 amide bonds. The van der Waals surface area contributed by atoms with Gasteiger partial charge in [0.25, 0.3) is 10.2 Å². The molecule has 0 radical (unpaired) electrons. The Hall–Kier alpha value is -0.700. The second-order valence-corrected chi connectivity index (χ2v) is 7.80. The second-order valence-electron chi connectivity index (χ2n) is 5.81. The van der Waals surface area contributed by atoms with Crippen molar-refractivity contribution >= 4 is 16.2 Å². The summed E-state index contributed by atoms with van der Waals surface area (Å²) in [6, 6.07) is -0.946. The Morgan fingerprint density at radius 3 is 2.67 bits per heavy atom. The molecule has 1 atom stereocenters. The maximum absolute atomic E-state index is 12.5. The smallest absolute Gasteiger partial charge is 0.322 e. The van der Waals surface area contributed by atoms with Gasteiger partial charge in [-0.15, -0.1) is 0 Å². The van der Waals surface area contributed by atoms with Crippen LogP contribution in [0.15, 0.2) is 0 Å². The number of ether oxygens (including phenoxy) is 1. The number of likely N-dealkylation sites (N-methyl/N-ethyl adjacent to an activating group) is 1. The summed E-state index contributed by atoms with van der Waals surface area (Å²) in [7, 11) is -2.26. The number of carboxylic acids is 1. The summed E-state index contributed by atoms with van der Waals surface area (Å²) in [5, 5.41) is 9.19. The summed E-state index contributed by atoms with van der Waals surface area (Å²) >= 11 is 0. The lowest BCUT2D eigenvalue weighted by atomic mass is 10.1. The van der Waals surface area contributed by atoms with E-state index in [9.17, 15) is 18.3 Å². The normalized spacial score (nSPS) is 24.4. The van der Waals surface area contributed by atoms with Crippen molar-refractivity contribution in [3.63, 3.8) is 0 Å². The van der Waals surface area contributed by atoms with Crippen LogP contribution < -0.4 is 0 Å². The Balaban J connectivity index is 1.89. The van der Waals surface area contributed by atoms with Gasteiger partial charge in [0.15, 0.2) is 0 Å². The third-order valence-corrected chi connectivity index (χ3v) is 6.03. The molecule has 1 saturated carbocycles. The minimum atomic E-state index is -3.74. The van der Waals surface area contributed by atoms with Crippen LogP contribution >= 0.6 is 0 Å². The van der Waals surface area contributed by atoms with Crippen molar-refractivity contribution in [2.24, 2.45) is 5.92 Å². The van der Waals surface area contributed by atoms with Crippen molar-refractivity contribution in [1.29, 1.82) is 0 Å². The molecule has 21 heavy (non-hydrogen) atoms. The van der Waals surface area contributed by atoms with Gasteiger partial charge in [0.05, 0.1) is 6.61 Å². The Morgan fingerprint density at radius 2 is 2.05 bits per heavy atom. The lowest BCUT2D eigenvalue weighted by Gasteiger charge is -2.34. The van der Waals surface area contributed by atoms with Crippen LogP contribution in [0.5, 0.6) is 0 Å². The summed E-state index contributed by atoms with van der Waals surface area (Å²) in [6.07, 6.45) is 4.22.